The minimum Gasteiger partial charge on any atom is -0.486 e. The van der Waals surface area contributed by atoms with E-state index in [1.807, 2.05) is 32.0 Å². The molecule has 2 amide bonds. The number of halogens is 2. The number of nitrogens with one attached hydrogen (secondary N) is 1. The van der Waals surface area contributed by atoms with Crippen molar-refractivity contribution in [3.63, 3.8) is 0 Å². The van der Waals surface area contributed by atoms with Crippen molar-refractivity contribution in [3.05, 3.63) is 57.6 Å². The van der Waals surface area contributed by atoms with Gasteiger partial charge in [-0.3, -0.25) is 9.59 Å². The van der Waals surface area contributed by atoms with Crippen molar-refractivity contribution >= 4 is 35.0 Å². The van der Waals surface area contributed by atoms with Crippen molar-refractivity contribution in [2.75, 3.05) is 13.2 Å². The van der Waals surface area contributed by atoms with Crippen molar-refractivity contribution in [1.29, 1.82) is 0 Å². The highest BCUT2D eigenvalue weighted by Gasteiger charge is 2.27. The van der Waals surface area contributed by atoms with Crippen LogP contribution in [0, 0.1) is 0 Å². The van der Waals surface area contributed by atoms with Gasteiger partial charge >= 0.3 is 0 Å². The molecule has 1 aliphatic heterocycles. The SMILES string of the molecule is CC(C)NC(=O)[C@H](C)N(Cc1c(Cl)cccc1Cl)C(=O)CCc1ccc2c(c1)OCCO2. The normalized spacial score (nSPS) is 13.6. The van der Waals surface area contributed by atoms with E-state index in [4.69, 9.17) is 32.7 Å². The Balaban J connectivity index is 1.77. The lowest BCUT2D eigenvalue weighted by molar-refractivity contribution is -0.140. The van der Waals surface area contributed by atoms with Gasteiger partial charge in [0, 0.05) is 34.6 Å². The summed E-state index contributed by atoms with van der Waals surface area (Å²) in [4.78, 5) is 27.5. The molecular weight excluding hydrogens is 451 g/mol. The second kappa shape index (κ2) is 10.9. The van der Waals surface area contributed by atoms with E-state index in [9.17, 15) is 9.59 Å². The van der Waals surface area contributed by atoms with E-state index in [1.54, 1.807) is 25.1 Å². The molecule has 0 saturated heterocycles. The minimum atomic E-state index is -0.683. The Morgan fingerprint density at radius 3 is 2.34 bits per heavy atom. The summed E-state index contributed by atoms with van der Waals surface area (Å²) in [5.41, 5.74) is 1.57. The molecule has 0 fully saturated rings. The smallest absolute Gasteiger partial charge is 0.242 e. The molecule has 0 unspecified atom stereocenters. The maximum Gasteiger partial charge on any atom is 0.242 e. The molecule has 8 heteroatoms. The third-order valence-corrected chi connectivity index (χ3v) is 5.93. The van der Waals surface area contributed by atoms with E-state index in [1.165, 1.54) is 4.90 Å². The maximum atomic E-state index is 13.3. The summed E-state index contributed by atoms with van der Waals surface area (Å²) in [7, 11) is 0. The van der Waals surface area contributed by atoms with Crippen LogP contribution >= 0.6 is 23.2 Å². The van der Waals surface area contributed by atoms with Crippen molar-refractivity contribution < 1.29 is 19.1 Å². The molecule has 32 heavy (non-hydrogen) atoms. The highest BCUT2D eigenvalue weighted by atomic mass is 35.5. The predicted molar refractivity (Wildman–Crippen MR) is 126 cm³/mol. The van der Waals surface area contributed by atoms with Crippen LogP contribution in [-0.2, 0) is 22.6 Å². The number of hydrogen-bond acceptors (Lipinski definition) is 4. The van der Waals surface area contributed by atoms with Crippen LogP contribution in [0.4, 0.5) is 0 Å². The summed E-state index contributed by atoms with van der Waals surface area (Å²) < 4.78 is 11.2. The lowest BCUT2D eigenvalue weighted by Crippen LogP contribution is -2.49. The van der Waals surface area contributed by atoms with Gasteiger partial charge in [-0.25, -0.2) is 0 Å². The fourth-order valence-corrected chi connectivity index (χ4v) is 4.00. The average molecular weight is 479 g/mol. The van der Waals surface area contributed by atoms with Crippen LogP contribution in [0.3, 0.4) is 0 Å². The summed E-state index contributed by atoms with van der Waals surface area (Å²) in [5, 5.41) is 3.79. The Labute approximate surface area is 198 Å². The first-order valence-electron chi connectivity index (χ1n) is 10.7. The summed E-state index contributed by atoms with van der Waals surface area (Å²) in [5.74, 6) is 1.00. The van der Waals surface area contributed by atoms with Gasteiger partial charge in [0.25, 0.3) is 0 Å². The Morgan fingerprint density at radius 1 is 1.03 bits per heavy atom. The van der Waals surface area contributed by atoms with Crippen LogP contribution in [-0.4, -0.2) is 42.0 Å². The molecule has 3 rings (SSSR count). The standard InChI is InChI=1S/C24H28Cl2N2O4/c1-15(2)27-24(30)16(3)28(14-18-19(25)5-4-6-20(18)26)23(29)10-8-17-7-9-21-22(13-17)32-12-11-31-21/h4-7,9,13,15-16H,8,10-12,14H2,1-3H3,(H,27,30)/t16-/m0/s1. The van der Waals surface area contributed by atoms with E-state index < -0.39 is 6.04 Å². The number of aryl methyl sites for hydroxylation is 1. The first kappa shape index (κ1) is 24.2. The number of nitrogens with zero attached hydrogens (tertiary/aromatic N) is 1. The predicted octanol–water partition coefficient (Wildman–Crippen LogP) is 4.64. The Kier molecular flexibility index (Phi) is 8.26. The van der Waals surface area contributed by atoms with Gasteiger partial charge in [0.15, 0.2) is 11.5 Å². The second-order valence-corrected chi connectivity index (χ2v) is 8.85. The van der Waals surface area contributed by atoms with Gasteiger partial charge in [-0.1, -0.05) is 35.3 Å². The van der Waals surface area contributed by atoms with Crippen molar-refractivity contribution in [2.24, 2.45) is 0 Å². The van der Waals surface area contributed by atoms with Gasteiger partial charge in [0.1, 0.15) is 19.3 Å². The van der Waals surface area contributed by atoms with Gasteiger partial charge in [0.05, 0.1) is 0 Å². The van der Waals surface area contributed by atoms with Gasteiger partial charge < -0.3 is 19.7 Å². The van der Waals surface area contributed by atoms with E-state index in [-0.39, 0.29) is 30.8 Å². The molecule has 6 nitrogen and oxygen atoms in total. The highest BCUT2D eigenvalue weighted by molar-refractivity contribution is 6.36. The number of amides is 2. The Hall–Kier alpha value is -2.44. The van der Waals surface area contributed by atoms with E-state index in [0.29, 0.717) is 46.7 Å². The third kappa shape index (κ3) is 6.08. The monoisotopic (exact) mass is 478 g/mol. The molecule has 0 radical (unpaired) electrons. The van der Waals surface area contributed by atoms with Crippen LogP contribution in [0.1, 0.15) is 38.3 Å². The fourth-order valence-electron chi connectivity index (χ4n) is 3.48. The zero-order chi connectivity index (χ0) is 23.3. The third-order valence-electron chi connectivity index (χ3n) is 5.22. The zero-order valence-corrected chi connectivity index (χ0v) is 20.0. The molecule has 1 aliphatic rings. The molecule has 2 aromatic carbocycles. The summed E-state index contributed by atoms with van der Waals surface area (Å²) in [6, 6.07) is 10.1. The number of rotatable bonds is 8. The van der Waals surface area contributed by atoms with E-state index in [2.05, 4.69) is 5.32 Å². The molecular formula is C24H28Cl2N2O4. The number of carbonyl (C=O) groups excluding carboxylic acids is 2. The van der Waals surface area contributed by atoms with Gasteiger partial charge in [-0.2, -0.15) is 0 Å². The van der Waals surface area contributed by atoms with Gasteiger partial charge in [-0.15, -0.1) is 0 Å². The van der Waals surface area contributed by atoms with Crippen LogP contribution in [0.15, 0.2) is 36.4 Å². The maximum absolute atomic E-state index is 13.3. The first-order valence-corrected chi connectivity index (χ1v) is 11.4. The van der Waals surface area contributed by atoms with E-state index >= 15 is 0 Å². The molecule has 0 bridgehead atoms. The molecule has 0 aromatic heterocycles. The molecule has 1 atom stereocenters. The lowest BCUT2D eigenvalue weighted by Gasteiger charge is -2.30. The number of hydrogen-bond donors (Lipinski definition) is 1. The van der Waals surface area contributed by atoms with Crippen LogP contribution in [0.2, 0.25) is 10.0 Å². The number of benzene rings is 2. The van der Waals surface area contributed by atoms with Crippen LogP contribution in [0.25, 0.3) is 0 Å². The van der Waals surface area contributed by atoms with E-state index in [0.717, 1.165) is 5.56 Å². The topological polar surface area (TPSA) is 67.9 Å². The summed E-state index contributed by atoms with van der Waals surface area (Å²) >= 11 is 12.7. The summed E-state index contributed by atoms with van der Waals surface area (Å²) in [6.45, 7) is 6.65. The lowest BCUT2D eigenvalue weighted by atomic mass is 10.1. The molecule has 0 aliphatic carbocycles. The van der Waals surface area contributed by atoms with Crippen molar-refractivity contribution in [2.45, 2.75) is 52.2 Å². The molecule has 0 saturated carbocycles. The fraction of sp³-hybridized carbons (Fsp3) is 0.417. The quantitative estimate of drug-likeness (QED) is 0.599. The first-order chi connectivity index (χ1) is 15.3. The molecule has 1 N–H and O–H groups in total. The molecule has 0 spiro atoms. The van der Waals surface area contributed by atoms with Crippen LogP contribution in [0.5, 0.6) is 11.5 Å². The highest BCUT2D eigenvalue weighted by Crippen LogP contribution is 2.31. The Bertz CT molecular complexity index is 960. The van der Waals surface area contributed by atoms with Crippen molar-refractivity contribution in [3.8, 4) is 11.5 Å². The average Bonchev–Trinajstić information content (AvgIpc) is 2.76. The largest absolute Gasteiger partial charge is 0.486 e. The summed E-state index contributed by atoms with van der Waals surface area (Å²) in [6.07, 6.45) is 0.724. The second-order valence-electron chi connectivity index (χ2n) is 8.04. The number of carbonyl (C=O) groups is 2. The minimum absolute atomic E-state index is 0.0384. The molecule has 172 valence electrons. The van der Waals surface area contributed by atoms with Crippen LogP contribution < -0.4 is 14.8 Å². The number of ether oxygens (including phenoxy) is 2. The zero-order valence-electron chi connectivity index (χ0n) is 18.5. The van der Waals surface area contributed by atoms with Gasteiger partial charge in [0.2, 0.25) is 11.8 Å². The molecule has 1 heterocycles. The Morgan fingerprint density at radius 2 is 1.69 bits per heavy atom. The molecule has 2 aromatic rings. The van der Waals surface area contributed by atoms with Crippen molar-refractivity contribution in [1.82, 2.24) is 10.2 Å². The van der Waals surface area contributed by atoms with Gasteiger partial charge in [-0.05, 0) is 57.0 Å². The number of fused-ring (bicyclic) bond motifs is 1.